The quantitative estimate of drug-likeness (QED) is 0.872. The smallest absolute Gasteiger partial charge is 0.304 e. The van der Waals surface area contributed by atoms with Gasteiger partial charge in [0.05, 0.1) is 6.42 Å². The van der Waals surface area contributed by atoms with Crippen molar-refractivity contribution in [2.45, 2.75) is 19.3 Å². The van der Waals surface area contributed by atoms with Gasteiger partial charge in [-0.1, -0.05) is 12.1 Å². The molecule has 1 unspecified atom stereocenters. The van der Waals surface area contributed by atoms with Gasteiger partial charge in [0.1, 0.15) is 5.82 Å². The molecule has 0 radical (unpaired) electrons. The predicted molar refractivity (Wildman–Crippen MR) is 66.9 cm³/mol. The van der Waals surface area contributed by atoms with Gasteiger partial charge >= 0.3 is 5.97 Å². The minimum atomic E-state index is -0.739. The number of carbonyl (C=O) groups is 1. The molecular formula is C14H18FNO2. The Balaban J connectivity index is 1.78. The molecule has 1 saturated heterocycles. The van der Waals surface area contributed by atoms with Crippen molar-refractivity contribution in [1.29, 1.82) is 0 Å². The van der Waals surface area contributed by atoms with E-state index in [4.69, 9.17) is 5.11 Å². The fraction of sp³-hybridized carbons (Fsp3) is 0.500. The molecule has 1 aliphatic heterocycles. The fourth-order valence-corrected chi connectivity index (χ4v) is 2.49. The topological polar surface area (TPSA) is 40.5 Å². The minimum Gasteiger partial charge on any atom is -0.481 e. The number of hydrogen-bond acceptors (Lipinski definition) is 2. The summed E-state index contributed by atoms with van der Waals surface area (Å²) in [7, 11) is 0. The van der Waals surface area contributed by atoms with Crippen LogP contribution in [0.15, 0.2) is 24.3 Å². The van der Waals surface area contributed by atoms with E-state index in [9.17, 15) is 9.18 Å². The highest BCUT2D eigenvalue weighted by Gasteiger charge is 2.22. The lowest BCUT2D eigenvalue weighted by Gasteiger charge is -2.14. The summed E-state index contributed by atoms with van der Waals surface area (Å²) < 4.78 is 12.8. The van der Waals surface area contributed by atoms with Crippen LogP contribution in [0.5, 0.6) is 0 Å². The average Bonchev–Trinajstić information content (AvgIpc) is 2.77. The molecule has 1 atom stereocenters. The molecule has 2 rings (SSSR count). The molecule has 0 spiro atoms. The highest BCUT2D eigenvalue weighted by atomic mass is 19.1. The molecule has 18 heavy (non-hydrogen) atoms. The third-order valence-corrected chi connectivity index (χ3v) is 3.45. The Morgan fingerprint density at radius 2 is 2.11 bits per heavy atom. The normalized spacial score (nSPS) is 20.2. The Labute approximate surface area is 106 Å². The summed E-state index contributed by atoms with van der Waals surface area (Å²) in [5.74, 6) is -0.380. The molecule has 3 nitrogen and oxygen atoms in total. The van der Waals surface area contributed by atoms with Crippen molar-refractivity contribution in [2.75, 3.05) is 19.6 Å². The van der Waals surface area contributed by atoms with Crippen LogP contribution in [0.25, 0.3) is 0 Å². The molecule has 0 aliphatic carbocycles. The van der Waals surface area contributed by atoms with E-state index in [1.807, 2.05) is 12.1 Å². The molecule has 4 heteroatoms. The Hall–Kier alpha value is -1.42. The Morgan fingerprint density at radius 1 is 1.39 bits per heavy atom. The second-order valence-corrected chi connectivity index (χ2v) is 4.93. The van der Waals surface area contributed by atoms with Crippen LogP contribution in [0.2, 0.25) is 0 Å². The molecule has 1 aromatic carbocycles. The van der Waals surface area contributed by atoms with Gasteiger partial charge in [0.25, 0.3) is 0 Å². The van der Waals surface area contributed by atoms with Crippen molar-refractivity contribution in [3.8, 4) is 0 Å². The number of halogens is 1. The summed E-state index contributed by atoms with van der Waals surface area (Å²) in [6, 6.07) is 6.64. The first-order valence-corrected chi connectivity index (χ1v) is 6.32. The monoisotopic (exact) mass is 251 g/mol. The van der Waals surface area contributed by atoms with E-state index in [1.165, 1.54) is 12.1 Å². The number of likely N-dealkylation sites (tertiary alicyclic amines) is 1. The molecule has 1 N–H and O–H groups in total. The lowest BCUT2D eigenvalue weighted by molar-refractivity contribution is -0.137. The largest absolute Gasteiger partial charge is 0.481 e. The zero-order valence-corrected chi connectivity index (χ0v) is 10.3. The van der Waals surface area contributed by atoms with Crippen LogP contribution in [-0.2, 0) is 11.2 Å². The molecule has 0 aromatic heterocycles. The number of aliphatic carboxylic acids is 1. The second-order valence-electron chi connectivity index (χ2n) is 4.93. The number of carboxylic acid groups (broad SMARTS) is 1. The number of hydrogen-bond donors (Lipinski definition) is 1. The van der Waals surface area contributed by atoms with Crippen molar-refractivity contribution in [3.05, 3.63) is 35.6 Å². The zero-order valence-electron chi connectivity index (χ0n) is 10.3. The standard InChI is InChI=1S/C14H18FNO2/c15-13-3-1-11(2-4-13)9-12-5-7-16(10-12)8-6-14(17)18/h1-4,12H,5-10H2,(H,17,18). The van der Waals surface area contributed by atoms with Crippen LogP contribution in [-0.4, -0.2) is 35.6 Å². The van der Waals surface area contributed by atoms with Gasteiger partial charge in [-0.2, -0.15) is 0 Å². The maximum absolute atomic E-state index is 12.8. The fourth-order valence-electron chi connectivity index (χ4n) is 2.49. The highest BCUT2D eigenvalue weighted by Crippen LogP contribution is 2.21. The molecule has 1 aliphatic rings. The molecule has 0 amide bonds. The molecular weight excluding hydrogens is 233 g/mol. The van der Waals surface area contributed by atoms with E-state index in [1.54, 1.807) is 0 Å². The summed E-state index contributed by atoms with van der Waals surface area (Å²) in [4.78, 5) is 12.7. The van der Waals surface area contributed by atoms with Crippen LogP contribution in [0.1, 0.15) is 18.4 Å². The third kappa shape index (κ3) is 3.81. The molecule has 0 saturated carbocycles. The summed E-state index contributed by atoms with van der Waals surface area (Å²) in [5.41, 5.74) is 1.15. The Morgan fingerprint density at radius 3 is 2.78 bits per heavy atom. The van der Waals surface area contributed by atoms with Crippen molar-refractivity contribution in [1.82, 2.24) is 4.90 Å². The summed E-state index contributed by atoms with van der Waals surface area (Å²) in [6.07, 6.45) is 2.25. The maximum Gasteiger partial charge on any atom is 0.304 e. The zero-order chi connectivity index (χ0) is 13.0. The van der Waals surface area contributed by atoms with Gasteiger partial charge < -0.3 is 10.0 Å². The highest BCUT2D eigenvalue weighted by molar-refractivity contribution is 5.66. The second kappa shape index (κ2) is 5.96. The first kappa shape index (κ1) is 13.0. The molecule has 98 valence electrons. The predicted octanol–water partition coefficient (Wildman–Crippen LogP) is 2.16. The van der Waals surface area contributed by atoms with E-state index < -0.39 is 5.97 Å². The third-order valence-electron chi connectivity index (χ3n) is 3.45. The van der Waals surface area contributed by atoms with E-state index >= 15 is 0 Å². The molecule has 1 aromatic rings. The van der Waals surface area contributed by atoms with Gasteiger partial charge in [-0.05, 0) is 43.0 Å². The molecule has 1 heterocycles. The Bertz CT molecular complexity index is 405. The van der Waals surface area contributed by atoms with Gasteiger partial charge in [0.2, 0.25) is 0 Å². The van der Waals surface area contributed by atoms with Crippen molar-refractivity contribution >= 4 is 5.97 Å². The SMILES string of the molecule is O=C(O)CCN1CCC(Cc2ccc(F)cc2)C1. The lowest BCUT2D eigenvalue weighted by atomic mass is 9.99. The van der Waals surface area contributed by atoms with E-state index in [2.05, 4.69) is 4.90 Å². The number of carboxylic acids is 1. The summed E-state index contributed by atoms with van der Waals surface area (Å²) >= 11 is 0. The van der Waals surface area contributed by atoms with Gasteiger partial charge in [0, 0.05) is 13.1 Å². The summed E-state index contributed by atoms with van der Waals surface area (Å²) in [5, 5.41) is 8.64. The first-order valence-electron chi connectivity index (χ1n) is 6.32. The lowest BCUT2D eigenvalue weighted by Crippen LogP contribution is -2.24. The molecule has 1 fully saturated rings. The molecule has 0 bridgehead atoms. The van der Waals surface area contributed by atoms with Crippen molar-refractivity contribution in [2.24, 2.45) is 5.92 Å². The minimum absolute atomic E-state index is 0.201. The van der Waals surface area contributed by atoms with Crippen LogP contribution in [0, 0.1) is 11.7 Å². The van der Waals surface area contributed by atoms with Crippen LogP contribution in [0.3, 0.4) is 0 Å². The van der Waals surface area contributed by atoms with E-state index in [0.717, 1.165) is 31.5 Å². The van der Waals surface area contributed by atoms with Crippen molar-refractivity contribution < 1.29 is 14.3 Å². The first-order chi connectivity index (χ1) is 8.63. The number of rotatable bonds is 5. The van der Waals surface area contributed by atoms with Crippen LogP contribution >= 0.6 is 0 Å². The van der Waals surface area contributed by atoms with Gasteiger partial charge in [0.15, 0.2) is 0 Å². The number of nitrogens with zero attached hydrogens (tertiary/aromatic N) is 1. The maximum atomic E-state index is 12.8. The Kier molecular flexibility index (Phi) is 4.31. The van der Waals surface area contributed by atoms with Crippen LogP contribution in [0.4, 0.5) is 4.39 Å². The van der Waals surface area contributed by atoms with Gasteiger partial charge in [-0.25, -0.2) is 4.39 Å². The van der Waals surface area contributed by atoms with Crippen LogP contribution < -0.4 is 0 Å². The average molecular weight is 251 g/mol. The number of benzene rings is 1. The summed E-state index contributed by atoms with van der Waals surface area (Å²) in [6.45, 7) is 2.55. The van der Waals surface area contributed by atoms with Gasteiger partial charge in [-0.15, -0.1) is 0 Å². The van der Waals surface area contributed by atoms with E-state index in [0.29, 0.717) is 12.5 Å². The van der Waals surface area contributed by atoms with Crippen molar-refractivity contribution in [3.63, 3.8) is 0 Å². The van der Waals surface area contributed by atoms with E-state index in [-0.39, 0.29) is 12.2 Å². The van der Waals surface area contributed by atoms with Gasteiger partial charge in [-0.3, -0.25) is 4.79 Å².